The lowest BCUT2D eigenvalue weighted by Crippen LogP contribution is -2.38. The molecule has 33 heavy (non-hydrogen) atoms. The molecule has 2 amide bonds. The molecule has 2 aromatic carbocycles. The molecule has 0 saturated carbocycles. The van der Waals surface area contributed by atoms with E-state index < -0.39 is 0 Å². The third kappa shape index (κ3) is 6.19. The molecule has 3 aromatic rings. The zero-order valence-corrected chi connectivity index (χ0v) is 19.2. The summed E-state index contributed by atoms with van der Waals surface area (Å²) in [5, 5.41) is 6.75. The van der Waals surface area contributed by atoms with Gasteiger partial charge < -0.3 is 14.7 Å². The number of aryl methyl sites for hydroxylation is 2. The highest BCUT2D eigenvalue weighted by Crippen LogP contribution is 2.20. The number of hydrogen-bond donors (Lipinski definition) is 1. The maximum Gasteiger partial charge on any atom is 0.227 e. The van der Waals surface area contributed by atoms with Crippen molar-refractivity contribution in [1.82, 2.24) is 15.0 Å². The van der Waals surface area contributed by atoms with Gasteiger partial charge in [-0.15, -0.1) is 0 Å². The summed E-state index contributed by atoms with van der Waals surface area (Å²) in [6.07, 6.45) is 0.836. The first-order chi connectivity index (χ1) is 16.0. The van der Waals surface area contributed by atoms with Crippen LogP contribution in [0.1, 0.15) is 23.4 Å². The lowest BCUT2D eigenvalue weighted by molar-refractivity contribution is -0.130. The van der Waals surface area contributed by atoms with Crippen LogP contribution in [0.15, 0.2) is 47.0 Å². The van der Waals surface area contributed by atoms with Crippen molar-refractivity contribution in [2.45, 2.75) is 26.2 Å². The van der Waals surface area contributed by atoms with Gasteiger partial charge >= 0.3 is 0 Å². The van der Waals surface area contributed by atoms with Crippen molar-refractivity contribution in [2.24, 2.45) is 0 Å². The summed E-state index contributed by atoms with van der Waals surface area (Å²) in [4.78, 5) is 30.9. The van der Waals surface area contributed by atoms with E-state index in [1.807, 2.05) is 28.8 Å². The Bertz CT molecular complexity index is 1130. The second-order valence-corrected chi connectivity index (χ2v) is 9.12. The molecule has 9 heteroatoms. The highest BCUT2D eigenvalue weighted by Gasteiger charge is 2.17. The van der Waals surface area contributed by atoms with Crippen molar-refractivity contribution < 1.29 is 18.5 Å². The minimum Gasteiger partial charge on any atom is -0.341 e. The van der Waals surface area contributed by atoms with Gasteiger partial charge in [0.25, 0.3) is 0 Å². The monoisotopic (exact) mass is 468 g/mol. The number of carbonyl (C=O) groups is 2. The molecule has 1 aliphatic heterocycles. The lowest BCUT2D eigenvalue weighted by Gasteiger charge is -2.26. The fourth-order valence-electron chi connectivity index (χ4n) is 3.51. The van der Waals surface area contributed by atoms with Crippen LogP contribution in [0.25, 0.3) is 11.4 Å². The fourth-order valence-corrected chi connectivity index (χ4v) is 4.41. The third-order valence-corrected chi connectivity index (χ3v) is 6.35. The summed E-state index contributed by atoms with van der Waals surface area (Å²) in [7, 11) is 0. The number of nitrogens with zero attached hydrogens (tertiary/aromatic N) is 3. The molecule has 2 heterocycles. The number of aromatic nitrogens is 2. The maximum absolute atomic E-state index is 13.4. The van der Waals surface area contributed by atoms with E-state index in [0.29, 0.717) is 41.4 Å². The first-order valence-electron chi connectivity index (χ1n) is 10.8. The summed E-state index contributed by atoms with van der Waals surface area (Å²) in [5.41, 5.74) is 2.74. The highest BCUT2D eigenvalue weighted by molar-refractivity contribution is 7.99. The molecule has 0 unspecified atom stereocenters. The Hall–Kier alpha value is -3.20. The average molecular weight is 469 g/mol. The molecular weight excluding hydrogens is 443 g/mol. The molecule has 7 nitrogen and oxygen atoms in total. The van der Waals surface area contributed by atoms with Gasteiger partial charge in [-0.2, -0.15) is 16.7 Å². The minimum atomic E-state index is -0.292. The number of hydrogen-bond acceptors (Lipinski definition) is 6. The number of rotatable bonds is 7. The standard InChI is InChI=1S/C24H25FN4O3S/c1-16-14-18(4-7-20(16)25)24-27-22(32-28-24)9-8-21(30)26-19-5-2-17(3-6-19)15-23(31)29-10-12-33-13-11-29/h2-7,14H,8-13,15H2,1H3,(H,26,30). The molecule has 1 N–H and O–H groups in total. The molecule has 0 aliphatic carbocycles. The second kappa shape index (κ2) is 10.6. The molecule has 172 valence electrons. The minimum absolute atomic E-state index is 0.141. The lowest BCUT2D eigenvalue weighted by atomic mass is 10.1. The van der Waals surface area contributed by atoms with Crippen molar-refractivity contribution in [3.05, 3.63) is 65.3 Å². The summed E-state index contributed by atoms with van der Waals surface area (Å²) in [6.45, 7) is 3.29. The molecule has 4 rings (SSSR count). The largest absolute Gasteiger partial charge is 0.341 e. The van der Waals surface area contributed by atoms with Gasteiger partial charge in [0.2, 0.25) is 23.5 Å². The molecule has 0 bridgehead atoms. The third-order valence-electron chi connectivity index (χ3n) is 5.41. The first-order valence-corrected chi connectivity index (χ1v) is 12.0. The Balaban J connectivity index is 1.25. The number of amides is 2. The van der Waals surface area contributed by atoms with E-state index in [1.54, 1.807) is 31.2 Å². The molecule has 0 spiro atoms. The summed E-state index contributed by atoms with van der Waals surface area (Å²) < 4.78 is 18.7. The van der Waals surface area contributed by atoms with Crippen LogP contribution < -0.4 is 5.32 Å². The Morgan fingerprint density at radius 3 is 2.64 bits per heavy atom. The Morgan fingerprint density at radius 2 is 1.91 bits per heavy atom. The number of carbonyl (C=O) groups excluding carboxylic acids is 2. The molecular formula is C24H25FN4O3S. The number of thioether (sulfide) groups is 1. The van der Waals surface area contributed by atoms with Crippen molar-refractivity contribution in [3.8, 4) is 11.4 Å². The van der Waals surface area contributed by atoms with E-state index >= 15 is 0 Å². The maximum atomic E-state index is 13.4. The molecule has 1 aromatic heterocycles. The predicted molar refractivity (Wildman–Crippen MR) is 125 cm³/mol. The van der Waals surface area contributed by atoms with Crippen molar-refractivity contribution in [2.75, 3.05) is 29.9 Å². The van der Waals surface area contributed by atoms with Crippen molar-refractivity contribution in [1.29, 1.82) is 0 Å². The average Bonchev–Trinajstić information content (AvgIpc) is 3.30. The predicted octanol–water partition coefficient (Wildman–Crippen LogP) is 3.87. The van der Waals surface area contributed by atoms with E-state index in [9.17, 15) is 14.0 Å². The molecule has 0 radical (unpaired) electrons. The Labute approximate surface area is 195 Å². The van der Waals surface area contributed by atoms with Crippen LogP contribution >= 0.6 is 11.8 Å². The topological polar surface area (TPSA) is 88.3 Å². The van der Waals surface area contributed by atoms with Crippen LogP contribution in [0.5, 0.6) is 0 Å². The number of nitrogens with one attached hydrogen (secondary N) is 1. The van der Waals surface area contributed by atoms with E-state index in [-0.39, 0.29) is 24.1 Å². The summed E-state index contributed by atoms with van der Waals surface area (Å²) in [5.74, 6) is 2.36. The van der Waals surface area contributed by atoms with Crippen LogP contribution in [-0.2, 0) is 22.4 Å². The first kappa shape index (κ1) is 23.0. The fraction of sp³-hybridized carbons (Fsp3) is 0.333. The normalized spacial score (nSPS) is 13.7. The van der Waals surface area contributed by atoms with Gasteiger partial charge in [-0.3, -0.25) is 9.59 Å². The van der Waals surface area contributed by atoms with Crippen LogP contribution in [0.4, 0.5) is 10.1 Å². The van der Waals surface area contributed by atoms with Crippen LogP contribution in [0, 0.1) is 12.7 Å². The Morgan fingerprint density at radius 1 is 1.15 bits per heavy atom. The van der Waals surface area contributed by atoms with Gasteiger partial charge in [-0.25, -0.2) is 4.39 Å². The van der Waals surface area contributed by atoms with Gasteiger partial charge in [-0.1, -0.05) is 17.3 Å². The number of benzene rings is 2. The van der Waals surface area contributed by atoms with Crippen LogP contribution in [0.3, 0.4) is 0 Å². The number of anilines is 1. The number of halogens is 1. The second-order valence-electron chi connectivity index (χ2n) is 7.89. The van der Waals surface area contributed by atoms with E-state index in [0.717, 1.165) is 30.2 Å². The van der Waals surface area contributed by atoms with E-state index in [1.165, 1.54) is 6.07 Å². The van der Waals surface area contributed by atoms with Crippen LogP contribution in [0.2, 0.25) is 0 Å². The molecule has 1 saturated heterocycles. The van der Waals surface area contributed by atoms with Crippen molar-refractivity contribution >= 4 is 29.3 Å². The molecule has 1 aliphatic rings. The van der Waals surface area contributed by atoms with Crippen LogP contribution in [-0.4, -0.2) is 51.5 Å². The summed E-state index contributed by atoms with van der Waals surface area (Å²) in [6, 6.07) is 11.9. The van der Waals surface area contributed by atoms with Gasteiger partial charge in [0.15, 0.2) is 0 Å². The highest BCUT2D eigenvalue weighted by atomic mass is 32.2. The summed E-state index contributed by atoms with van der Waals surface area (Å²) >= 11 is 1.87. The quantitative estimate of drug-likeness (QED) is 0.566. The van der Waals surface area contributed by atoms with Gasteiger partial charge in [-0.05, 0) is 48.4 Å². The zero-order chi connectivity index (χ0) is 23.2. The van der Waals surface area contributed by atoms with Crippen molar-refractivity contribution in [3.63, 3.8) is 0 Å². The molecule has 0 atom stereocenters. The smallest absolute Gasteiger partial charge is 0.227 e. The Kier molecular flexibility index (Phi) is 7.39. The zero-order valence-electron chi connectivity index (χ0n) is 18.3. The molecule has 1 fully saturated rings. The van der Waals surface area contributed by atoms with Gasteiger partial charge in [0.1, 0.15) is 5.82 Å². The van der Waals surface area contributed by atoms with Gasteiger partial charge in [0, 0.05) is 48.7 Å². The van der Waals surface area contributed by atoms with E-state index in [4.69, 9.17) is 4.52 Å². The van der Waals surface area contributed by atoms with E-state index in [2.05, 4.69) is 15.5 Å². The SMILES string of the molecule is Cc1cc(-c2noc(CCC(=O)Nc3ccc(CC(=O)N4CCSCC4)cc3)n2)ccc1F. The van der Waals surface area contributed by atoms with Gasteiger partial charge in [0.05, 0.1) is 6.42 Å².